The number of nitrogens with zero attached hydrogens (tertiary/aromatic N) is 2. The van der Waals surface area contributed by atoms with Gasteiger partial charge in [-0.1, -0.05) is 18.2 Å². The smallest absolute Gasteiger partial charge is 0.122 e. The molecular weight excluding hydrogens is 226 g/mol. The van der Waals surface area contributed by atoms with Crippen molar-refractivity contribution in [2.45, 2.75) is 19.9 Å². The normalized spacial score (nSPS) is 10.8. The van der Waals surface area contributed by atoms with Crippen LogP contribution < -0.4 is 5.32 Å². The molecule has 0 fully saturated rings. The molecule has 0 unspecified atom stereocenters. The van der Waals surface area contributed by atoms with Gasteiger partial charge in [-0.3, -0.25) is 4.68 Å². The monoisotopic (exact) mass is 245 g/mol. The Morgan fingerprint density at radius 2 is 2.17 bits per heavy atom. The molecule has 0 aliphatic heterocycles. The minimum Gasteiger partial charge on any atom is -0.507 e. The zero-order chi connectivity index (χ0) is 13.0. The van der Waals surface area contributed by atoms with Crippen molar-refractivity contribution in [3.63, 3.8) is 0 Å². The molecule has 0 saturated carbocycles. The molecule has 0 aliphatic rings. The first kappa shape index (κ1) is 12.6. The van der Waals surface area contributed by atoms with Crippen molar-refractivity contribution in [3.05, 3.63) is 47.3 Å². The summed E-state index contributed by atoms with van der Waals surface area (Å²) in [5.74, 6) is 0.394. The van der Waals surface area contributed by atoms with E-state index in [1.807, 2.05) is 49.1 Å². The molecule has 2 N–H and O–H groups in total. The molecule has 0 bridgehead atoms. The zero-order valence-electron chi connectivity index (χ0n) is 10.8. The maximum atomic E-state index is 9.87. The molecule has 1 aromatic heterocycles. The van der Waals surface area contributed by atoms with E-state index in [0.717, 1.165) is 24.1 Å². The van der Waals surface area contributed by atoms with Crippen LogP contribution in [0.15, 0.2) is 30.5 Å². The van der Waals surface area contributed by atoms with Crippen LogP contribution in [0.2, 0.25) is 0 Å². The number of aromatic hydroxyl groups is 1. The van der Waals surface area contributed by atoms with Crippen LogP contribution in [0.1, 0.15) is 16.8 Å². The third kappa shape index (κ3) is 2.90. The Kier molecular flexibility index (Phi) is 3.99. The lowest BCUT2D eigenvalue weighted by Gasteiger charge is -2.08. The molecule has 0 saturated heterocycles. The van der Waals surface area contributed by atoms with Crippen LogP contribution >= 0.6 is 0 Å². The number of benzene rings is 1. The van der Waals surface area contributed by atoms with Crippen molar-refractivity contribution in [3.8, 4) is 5.75 Å². The first-order valence-corrected chi connectivity index (χ1v) is 6.13. The summed E-state index contributed by atoms with van der Waals surface area (Å²) in [5, 5.41) is 17.3. The molecule has 18 heavy (non-hydrogen) atoms. The topological polar surface area (TPSA) is 50.1 Å². The van der Waals surface area contributed by atoms with E-state index in [1.54, 1.807) is 0 Å². The SMILES string of the molecule is Cc1cccc(CNCCc2ccnn2C)c1O. The maximum Gasteiger partial charge on any atom is 0.122 e. The highest BCUT2D eigenvalue weighted by atomic mass is 16.3. The number of aryl methyl sites for hydroxylation is 2. The molecule has 1 heterocycles. The lowest BCUT2D eigenvalue weighted by atomic mass is 10.1. The highest BCUT2D eigenvalue weighted by Gasteiger charge is 2.03. The second-order valence-electron chi connectivity index (χ2n) is 4.46. The summed E-state index contributed by atoms with van der Waals surface area (Å²) in [4.78, 5) is 0. The maximum absolute atomic E-state index is 9.87. The van der Waals surface area contributed by atoms with Gasteiger partial charge in [-0.25, -0.2) is 0 Å². The number of rotatable bonds is 5. The number of nitrogens with one attached hydrogen (secondary N) is 1. The molecule has 4 heteroatoms. The van der Waals surface area contributed by atoms with Gasteiger partial charge < -0.3 is 10.4 Å². The van der Waals surface area contributed by atoms with E-state index in [0.29, 0.717) is 12.3 Å². The minimum atomic E-state index is 0.394. The van der Waals surface area contributed by atoms with Crippen molar-refractivity contribution in [1.29, 1.82) is 0 Å². The van der Waals surface area contributed by atoms with E-state index in [4.69, 9.17) is 0 Å². The summed E-state index contributed by atoms with van der Waals surface area (Å²) in [7, 11) is 1.95. The predicted molar refractivity (Wildman–Crippen MR) is 71.5 cm³/mol. The standard InChI is InChI=1S/C14H19N3O/c1-11-4-3-5-12(14(11)18)10-15-8-6-13-7-9-16-17(13)2/h3-5,7,9,15,18H,6,8,10H2,1-2H3. The molecule has 2 aromatic rings. The van der Waals surface area contributed by atoms with Gasteiger partial charge in [-0.2, -0.15) is 5.10 Å². The number of phenols is 1. The number of hydrogen-bond donors (Lipinski definition) is 2. The van der Waals surface area contributed by atoms with E-state index in [2.05, 4.69) is 10.4 Å². The summed E-state index contributed by atoms with van der Waals surface area (Å²) < 4.78 is 1.88. The quantitative estimate of drug-likeness (QED) is 0.789. The second-order valence-corrected chi connectivity index (χ2v) is 4.46. The molecule has 4 nitrogen and oxygen atoms in total. The first-order chi connectivity index (χ1) is 8.68. The largest absolute Gasteiger partial charge is 0.507 e. The summed E-state index contributed by atoms with van der Waals surface area (Å²) >= 11 is 0. The lowest BCUT2D eigenvalue weighted by Crippen LogP contribution is -2.18. The molecule has 96 valence electrons. The second kappa shape index (κ2) is 5.69. The Morgan fingerprint density at radius 1 is 1.33 bits per heavy atom. The molecule has 1 aromatic carbocycles. The van der Waals surface area contributed by atoms with Crippen molar-refractivity contribution in [1.82, 2.24) is 15.1 Å². The fraction of sp³-hybridized carbons (Fsp3) is 0.357. The Morgan fingerprint density at radius 3 is 2.89 bits per heavy atom. The van der Waals surface area contributed by atoms with Gasteiger partial charge >= 0.3 is 0 Å². The van der Waals surface area contributed by atoms with Crippen LogP contribution in [-0.2, 0) is 20.0 Å². The fourth-order valence-electron chi connectivity index (χ4n) is 1.95. The third-order valence-corrected chi connectivity index (χ3v) is 3.12. The Hall–Kier alpha value is -1.81. The average Bonchev–Trinajstić information content (AvgIpc) is 2.76. The summed E-state index contributed by atoms with van der Waals surface area (Å²) in [6.45, 7) is 3.47. The van der Waals surface area contributed by atoms with E-state index < -0.39 is 0 Å². The summed E-state index contributed by atoms with van der Waals surface area (Å²) in [6.07, 6.45) is 2.74. The third-order valence-electron chi connectivity index (χ3n) is 3.12. The number of hydrogen-bond acceptors (Lipinski definition) is 3. The van der Waals surface area contributed by atoms with Crippen LogP contribution in [0.25, 0.3) is 0 Å². The van der Waals surface area contributed by atoms with Crippen molar-refractivity contribution < 1.29 is 5.11 Å². The molecule has 0 radical (unpaired) electrons. The van der Waals surface area contributed by atoms with Crippen LogP contribution in [0.4, 0.5) is 0 Å². The lowest BCUT2D eigenvalue weighted by molar-refractivity contribution is 0.460. The van der Waals surface area contributed by atoms with Gasteiger partial charge in [0.25, 0.3) is 0 Å². The Balaban J connectivity index is 1.82. The van der Waals surface area contributed by atoms with E-state index in [-0.39, 0.29) is 0 Å². The van der Waals surface area contributed by atoms with E-state index in [9.17, 15) is 5.11 Å². The van der Waals surface area contributed by atoms with Gasteiger partial charge in [0.2, 0.25) is 0 Å². The first-order valence-electron chi connectivity index (χ1n) is 6.13. The molecule has 0 spiro atoms. The number of phenolic OH excluding ortho intramolecular Hbond substituents is 1. The van der Waals surface area contributed by atoms with Crippen LogP contribution in [-0.4, -0.2) is 21.4 Å². The van der Waals surface area contributed by atoms with Crippen LogP contribution in [0.5, 0.6) is 5.75 Å². The number of aromatic nitrogens is 2. The Labute approximate surface area is 107 Å². The van der Waals surface area contributed by atoms with Gasteiger partial charge in [-0.15, -0.1) is 0 Å². The average molecular weight is 245 g/mol. The molecule has 0 atom stereocenters. The zero-order valence-corrected chi connectivity index (χ0v) is 10.8. The highest BCUT2D eigenvalue weighted by Crippen LogP contribution is 2.20. The highest BCUT2D eigenvalue weighted by molar-refractivity contribution is 5.39. The van der Waals surface area contributed by atoms with Crippen molar-refractivity contribution in [2.24, 2.45) is 7.05 Å². The van der Waals surface area contributed by atoms with Gasteiger partial charge in [0.1, 0.15) is 5.75 Å². The van der Waals surface area contributed by atoms with Crippen molar-refractivity contribution >= 4 is 0 Å². The summed E-state index contributed by atoms with van der Waals surface area (Å²) in [6, 6.07) is 7.84. The molecule has 0 aliphatic carbocycles. The molecular formula is C14H19N3O. The van der Waals surface area contributed by atoms with Crippen LogP contribution in [0.3, 0.4) is 0 Å². The van der Waals surface area contributed by atoms with Gasteiger partial charge in [0, 0.05) is 44.0 Å². The van der Waals surface area contributed by atoms with E-state index in [1.165, 1.54) is 5.69 Å². The fourth-order valence-corrected chi connectivity index (χ4v) is 1.95. The minimum absolute atomic E-state index is 0.394. The number of para-hydroxylation sites is 1. The van der Waals surface area contributed by atoms with Crippen LogP contribution in [0, 0.1) is 6.92 Å². The van der Waals surface area contributed by atoms with E-state index >= 15 is 0 Å². The van der Waals surface area contributed by atoms with Gasteiger partial charge in [0.15, 0.2) is 0 Å². The van der Waals surface area contributed by atoms with Crippen molar-refractivity contribution in [2.75, 3.05) is 6.54 Å². The molecule has 2 rings (SSSR count). The Bertz CT molecular complexity index is 520. The van der Waals surface area contributed by atoms with Gasteiger partial charge in [0.05, 0.1) is 0 Å². The van der Waals surface area contributed by atoms with Gasteiger partial charge in [-0.05, 0) is 18.6 Å². The molecule has 0 amide bonds. The predicted octanol–water partition coefficient (Wildman–Crippen LogP) is 1.77. The summed E-state index contributed by atoms with van der Waals surface area (Å²) in [5.41, 5.74) is 3.07.